The molecule has 0 spiro atoms. The molecule has 25 heavy (non-hydrogen) atoms. The largest absolute Gasteiger partial charge is 0.463 e. The molecule has 4 heteroatoms. The van der Waals surface area contributed by atoms with E-state index in [4.69, 9.17) is 14.2 Å². The van der Waals surface area contributed by atoms with Crippen molar-refractivity contribution >= 4 is 5.97 Å². The summed E-state index contributed by atoms with van der Waals surface area (Å²) in [6, 6.07) is 0. The summed E-state index contributed by atoms with van der Waals surface area (Å²) < 4.78 is 16.3. The van der Waals surface area contributed by atoms with E-state index in [0.29, 0.717) is 13.2 Å². The molecule has 1 aliphatic heterocycles. The second kappa shape index (κ2) is 15.6. The summed E-state index contributed by atoms with van der Waals surface area (Å²) in [5.41, 5.74) is 0. The van der Waals surface area contributed by atoms with E-state index in [1.165, 1.54) is 84.0 Å². The number of unbranched alkanes of at least 4 members (excludes halogenated alkanes) is 12. The molecular weight excluding hydrogens is 316 g/mol. The van der Waals surface area contributed by atoms with Crippen molar-refractivity contribution in [1.82, 2.24) is 0 Å². The molecule has 0 amide bonds. The lowest BCUT2D eigenvalue weighted by Crippen LogP contribution is -2.20. The average molecular weight is 357 g/mol. The summed E-state index contributed by atoms with van der Waals surface area (Å²) in [6.45, 7) is 4.54. The number of hydrogen-bond acceptors (Lipinski definition) is 4. The highest BCUT2D eigenvalue weighted by Gasteiger charge is 2.26. The third-order valence-corrected chi connectivity index (χ3v) is 4.83. The minimum absolute atomic E-state index is 0.0872. The fourth-order valence-corrected chi connectivity index (χ4v) is 3.29. The number of esters is 1. The summed E-state index contributed by atoms with van der Waals surface area (Å²) in [4.78, 5) is 10.8. The SMILES string of the molecule is CCCCCCCCCCCCCCC[C@@H]1OC[C@H](COC(C)=O)O1. The Morgan fingerprint density at radius 3 is 1.92 bits per heavy atom. The van der Waals surface area contributed by atoms with Gasteiger partial charge in [-0.25, -0.2) is 0 Å². The van der Waals surface area contributed by atoms with Crippen molar-refractivity contribution in [3.63, 3.8) is 0 Å². The van der Waals surface area contributed by atoms with Crippen molar-refractivity contribution in [1.29, 1.82) is 0 Å². The van der Waals surface area contributed by atoms with Crippen LogP contribution in [-0.4, -0.2) is 31.6 Å². The van der Waals surface area contributed by atoms with Gasteiger partial charge in [0.05, 0.1) is 6.61 Å². The summed E-state index contributed by atoms with van der Waals surface area (Å²) in [5, 5.41) is 0. The highest BCUT2D eigenvalue weighted by Crippen LogP contribution is 2.19. The quantitative estimate of drug-likeness (QED) is 0.260. The zero-order valence-electron chi connectivity index (χ0n) is 16.6. The van der Waals surface area contributed by atoms with Crippen LogP contribution in [0, 0.1) is 0 Å². The van der Waals surface area contributed by atoms with Crippen molar-refractivity contribution in [2.24, 2.45) is 0 Å². The molecule has 1 heterocycles. The van der Waals surface area contributed by atoms with Crippen molar-refractivity contribution in [3.05, 3.63) is 0 Å². The molecule has 0 bridgehead atoms. The lowest BCUT2D eigenvalue weighted by Gasteiger charge is -2.11. The van der Waals surface area contributed by atoms with E-state index >= 15 is 0 Å². The van der Waals surface area contributed by atoms with Crippen molar-refractivity contribution in [2.75, 3.05) is 13.2 Å². The lowest BCUT2D eigenvalue weighted by molar-refractivity contribution is -0.145. The van der Waals surface area contributed by atoms with Crippen LogP contribution in [0.15, 0.2) is 0 Å². The number of ether oxygens (including phenoxy) is 3. The fourth-order valence-electron chi connectivity index (χ4n) is 3.29. The van der Waals surface area contributed by atoms with Gasteiger partial charge in [0.25, 0.3) is 0 Å². The van der Waals surface area contributed by atoms with Gasteiger partial charge in [-0.1, -0.05) is 84.0 Å². The Hall–Kier alpha value is -0.610. The predicted molar refractivity (Wildman–Crippen MR) is 102 cm³/mol. The van der Waals surface area contributed by atoms with E-state index in [1.807, 2.05) is 0 Å². The van der Waals surface area contributed by atoms with E-state index in [-0.39, 0.29) is 18.4 Å². The Morgan fingerprint density at radius 1 is 0.880 bits per heavy atom. The normalized spacial score (nSPS) is 20.1. The number of hydrogen-bond donors (Lipinski definition) is 0. The lowest BCUT2D eigenvalue weighted by atomic mass is 10.0. The summed E-state index contributed by atoms with van der Waals surface area (Å²) in [5.74, 6) is -0.261. The maximum atomic E-state index is 10.8. The minimum atomic E-state index is -0.261. The molecular formula is C21H40O4. The maximum absolute atomic E-state index is 10.8. The van der Waals surface area contributed by atoms with Gasteiger partial charge < -0.3 is 14.2 Å². The number of rotatable bonds is 16. The third-order valence-electron chi connectivity index (χ3n) is 4.83. The molecule has 0 aromatic carbocycles. The van der Waals surface area contributed by atoms with Crippen molar-refractivity contribution in [2.45, 2.75) is 116 Å². The Labute approximate surface area is 155 Å². The van der Waals surface area contributed by atoms with E-state index in [2.05, 4.69) is 6.92 Å². The highest BCUT2D eigenvalue weighted by atomic mass is 16.7. The van der Waals surface area contributed by atoms with Crippen LogP contribution < -0.4 is 0 Å². The predicted octanol–water partition coefficient (Wildman–Crippen LogP) is 5.77. The topological polar surface area (TPSA) is 44.8 Å². The monoisotopic (exact) mass is 356 g/mol. The first-order valence-corrected chi connectivity index (χ1v) is 10.6. The standard InChI is InChI=1S/C21H40O4/c1-3-4-5-6-7-8-9-10-11-12-13-14-15-16-21-24-18-20(25-21)17-23-19(2)22/h20-21H,3-18H2,1-2H3/t20-,21+/m0/s1. The summed E-state index contributed by atoms with van der Waals surface area (Å²) >= 11 is 0. The van der Waals surface area contributed by atoms with Crippen LogP contribution >= 0.6 is 0 Å². The Morgan fingerprint density at radius 2 is 1.40 bits per heavy atom. The van der Waals surface area contributed by atoms with Crippen LogP contribution in [0.4, 0.5) is 0 Å². The second-order valence-electron chi connectivity index (χ2n) is 7.35. The first-order chi connectivity index (χ1) is 12.2. The molecule has 0 aromatic heterocycles. The van der Waals surface area contributed by atoms with Crippen LogP contribution in [-0.2, 0) is 19.0 Å². The van der Waals surface area contributed by atoms with Crippen LogP contribution in [0.2, 0.25) is 0 Å². The first-order valence-electron chi connectivity index (χ1n) is 10.6. The van der Waals surface area contributed by atoms with Crippen LogP contribution in [0.5, 0.6) is 0 Å². The fraction of sp³-hybridized carbons (Fsp3) is 0.952. The van der Waals surface area contributed by atoms with E-state index < -0.39 is 0 Å². The molecule has 0 N–H and O–H groups in total. The second-order valence-corrected chi connectivity index (χ2v) is 7.35. The average Bonchev–Trinajstić information content (AvgIpc) is 3.05. The summed E-state index contributed by atoms with van der Waals surface area (Å²) in [6.07, 6.45) is 18.5. The van der Waals surface area contributed by atoms with Gasteiger partial charge in [0.15, 0.2) is 6.29 Å². The molecule has 0 saturated carbocycles. The molecule has 148 valence electrons. The van der Waals surface area contributed by atoms with Gasteiger partial charge in [0.1, 0.15) is 12.7 Å². The molecule has 2 atom stereocenters. The molecule has 0 aliphatic carbocycles. The van der Waals surface area contributed by atoms with Crippen LogP contribution in [0.3, 0.4) is 0 Å². The van der Waals surface area contributed by atoms with E-state index in [1.54, 1.807) is 0 Å². The third kappa shape index (κ3) is 13.3. The minimum Gasteiger partial charge on any atom is -0.463 e. The van der Waals surface area contributed by atoms with Gasteiger partial charge >= 0.3 is 5.97 Å². The van der Waals surface area contributed by atoms with Crippen LogP contribution in [0.1, 0.15) is 104 Å². The highest BCUT2D eigenvalue weighted by molar-refractivity contribution is 5.65. The zero-order valence-corrected chi connectivity index (χ0v) is 16.6. The zero-order chi connectivity index (χ0) is 18.2. The molecule has 1 fully saturated rings. The molecule has 0 radical (unpaired) electrons. The Kier molecular flexibility index (Phi) is 14.0. The molecule has 1 rings (SSSR count). The van der Waals surface area contributed by atoms with Crippen molar-refractivity contribution in [3.8, 4) is 0 Å². The smallest absolute Gasteiger partial charge is 0.302 e. The molecule has 1 aliphatic rings. The summed E-state index contributed by atoms with van der Waals surface area (Å²) in [7, 11) is 0. The first kappa shape index (κ1) is 22.4. The van der Waals surface area contributed by atoms with Gasteiger partial charge in [-0.3, -0.25) is 4.79 Å². The van der Waals surface area contributed by atoms with E-state index in [0.717, 1.165) is 12.8 Å². The van der Waals surface area contributed by atoms with Gasteiger partial charge in [-0.2, -0.15) is 0 Å². The van der Waals surface area contributed by atoms with Crippen molar-refractivity contribution < 1.29 is 19.0 Å². The molecule has 0 unspecified atom stereocenters. The molecule has 4 nitrogen and oxygen atoms in total. The number of carbonyl (C=O) groups excluding carboxylic acids is 1. The molecule has 0 aromatic rings. The number of carbonyl (C=O) groups is 1. The van der Waals surface area contributed by atoms with Gasteiger partial charge in [-0.15, -0.1) is 0 Å². The van der Waals surface area contributed by atoms with Gasteiger partial charge in [0.2, 0.25) is 0 Å². The van der Waals surface area contributed by atoms with Gasteiger partial charge in [0, 0.05) is 6.92 Å². The molecule has 1 saturated heterocycles. The maximum Gasteiger partial charge on any atom is 0.302 e. The Bertz CT molecular complexity index is 319. The van der Waals surface area contributed by atoms with E-state index in [9.17, 15) is 4.79 Å². The van der Waals surface area contributed by atoms with Gasteiger partial charge in [-0.05, 0) is 12.8 Å². The Balaban J connectivity index is 1.78. The van der Waals surface area contributed by atoms with Crippen LogP contribution in [0.25, 0.3) is 0 Å².